The second-order valence-electron chi connectivity index (χ2n) is 4.53. The van der Waals surface area contributed by atoms with Crippen molar-refractivity contribution in [2.45, 2.75) is 30.4 Å². The van der Waals surface area contributed by atoms with E-state index in [0.717, 1.165) is 12.7 Å². The molecule has 1 aromatic rings. The number of nitrogens with one attached hydrogen (secondary N) is 1. The van der Waals surface area contributed by atoms with Crippen molar-refractivity contribution < 1.29 is 17.5 Å². The number of sulfone groups is 1. The van der Waals surface area contributed by atoms with Crippen molar-refractivity contribution in [3.05, 3.63) is 24.0 Å². The van der Waals surface area contributed by atoms with Crippen LogP contribution < -0.4 is 5.32 Å². The van der Waals surface area contributed by atoms with Crippen LogP contribution in [0.3, 0.4) is 0 Å². The highest BCUT2D eigenvalue weighted by Gasteiger charge is 2.25. The fraction of sp³-hybridized carbons (Fsp3) is 0.500. The lowest BCUT2D eigenvalue weighted by Crippen LogP contribution is -2.27. The van der Waals surface area contributed by atoms with Gasteiger partial charge >= 0.3 is 0 Å². The maximum absolute atomic E-state index is 13.6. The highest BCUT2D eigenvalue weighted by Crippen LogP contribution is 2.24. The minimum atomic E-state index is -3.33. The van der Waals surface area contributed by atoms with Crippen molar-refractivity contribution in [1.82, 2.24) is 0 Å². The van der Waals surface area contributed by atoms with Crippen LogP contribution >= 0.6 is 0 Å². The van der Waals surface area contributed by atoms with Gasteiger partial charge in [0.15, 0.2) is 9.84 Å². The van der Waals surface area contributed by atoms with Gasteiger partial charge in [0.05, 0.1) is 22.7 Å². The first kappa shape index (κ1) is 13.3. The van der Waals surface area contributed by atoms with Gasteiger partial charge in [-0.25, -0.2) is 12.8 Å². The van der Waals surface area contributed by atoms with Gasteiger partial charge in [0, 0.05) is 12.9 Å². The molecule has 2 rings (SSSR count). The number of hydrogen-bond donors (Lipinski definition) is 1. The fourth-order valence-corrected chi connectivity index (χ4v) is 2.61. The summed E-state index contributed by atoms with van der Waals surface area (Å²) < 4.78 is 41.9. The summed E-state index contributed by atoms with van der Waals surface area (Å²) in [4.78, 5) is 0.109. The van der Waals surface area contributed by atoms with E-state index in [9.17, 15) is 12.8 Å². The third-order valence-corrected chi connectivity index (χ3v) is 4.19. The van der Waals surface area contributed by atoms with Gasteiger partial charge < -0.3 is 10.1 Å². The molecule has 0 radical (unpaired) electrons. The highest BCUT2D eigenvalue weighted by atomic mass is 32.2. The Balaban J connectivity index is 2.27. The molecule has 0 aromatic heterocycles. The van der Waals surface area contributed by atoms with E-state index >= 15 is 0 Å². The summed E-state index contributed by atoms with van der Waals surface area (Å²) in [6, 6.07) is 3.77. The molecule has 0 saturated carbocycles. The van der Waals surface area contributed by atoms with Crippen LogP contribution in [0.25, 0.3) is 0 Å². The first-order valence-electron chi connectivity index (χ1n) is 5.75. The average Bonchev–Trinajstić information content (AvgIpc) is 2.66. The quantitative estimate of drug-likeness (QED) is 0.854. The molecule has 1 saturated heterocycles. The van der Waals surface area contributed by atoms with E-state index in [1.54, 1.807) is 0 Å². The van der Waals surface area contributed by atoms with E-state index < -0.39 is 15.7 Å². The van der Waals surface area contributed by atoms with E-state index in [1.165, 1.54) is 18.2 Å². The predicted octanol–water partition coefficient (Wildman–Crippen LogP) is 1.82. The Morgan fingerprint density at radius 1 is 1.44 bits per heavy atom. The van der Waals surface area contributed by atoms with Gasteiger partial charge in [-0.2, -0.15) is 0 Å². The number of ether oxygens (including phenoxy) is 1. The number of benzene rings is 1. The van der Waals surface area contributed by atoms with Crippen molar-refractivity contribution in [3.63, 3.8) is 0 Å². The molecular formula is C12H16FNO3S. The largest absolute Gasteiger partial charge is 0.377 e. The van der Waals surface area contributed by atoms with Gasteiger partial charge in [-0.15, -0.1) is 0 Å². The van der Waals surface area contributed by atoms with Crippen LogP contribution in [0, 0.1) is 5.82 Å². The summed E-state index contributed by atoms with van der Waals surface area (Å²) in [7, 11) is -3.33. The molecule has 2 unspecified atom stereocenters. The molecule has 6 heteroatoms. The zero-order valence-corrected chi connectivity index (χ0v) is 11.1. The van der Waals surface area contributed by atoms with Crippen LogP contribution in [-0.4, -0.2) is 33.4 Å². The van der Waals surface area contributed by atoms with Crippen molar-refractivity contribution in [1.29, 1.82) is 0 Å². The Bertz CT molecular complexity index is 544. The lowest BCUT2D eigenvalue weighted by molar-refractivity contribution is 0.121. The van der Waals surface area contributed by atoms with Gasteiger partial charge in [-0.1, -0.05) is 0 Å². The number of anilines is 1. The van der Waals surface area contributed by atoms with Gasteiger partial charge in [-0.3, -0.25) is 0 Å². The molecule has 0 bridgehead atoms. The van der Waals surface area contributed by atoms with Gasteiger partial charge in [-0.05, 0) is 31.5 Å². The number of halogens is 1. The molecule has 0 aliphatic carbocycles. The molecule has 0 amide bonds. The molecule has 1 aliphatic heterocycles. The highest BCUT2D eigenvalue weighted by molar-refractivity contribution is 7.90. The molecule has 2 atom stereocenters. The number of rotatable bonds is 3. The first-order chi connectivity index (χ1) is 8.38. The van der Waals surface area contributed by atoms with E-state index in [-0.39, 0.29) is 22.7 Å². The SMILES string of the molecule is CC1OCCC1Nc1cc(S(C)(=O)=O)ccc1F. The molecule has 100 valence electrons. The Morgan fingerprint density at radius 2 is 2.17 bits per heavy atom. The van der Waals surface area contributed by atoms with Crippen LogP contribution in [0.1, 0.15) is 13.3 Å². The molecule has 1 N–H and O–H groups in total. The van der Waals surface area contributed by atoms with Crippen LogP contribution in [-0.2, 0) is 14.6 Å². The second-order valence-corrected chi connectivity index (χ2v) is 6.54. The average molecular weight is 273 g/mol. The standard InChI is InChI=1S/C12H16FNO3S/c1-8-11(5-6-17-8)14-12-7-9(18(2,15)16)3-4-10(12)13/h3-4,7-8,11,14H,5-6H2,1-2H3. The summed E-state index contributed by atoms with van der Waals surface area (Å²) >= 11 is 0. The zero-order valence-electron chi connectivity index (χ0n) is 10.3. The smallest absolute Gasteiger partial charge is 0.175 e. The van der Waals surface area contributed by atoms with Crippen LogP contribution in [0.5, 0.6) is 0 Å². The summed E-state index contributed by atoms with van der Waals surface area (Å²) in [5.74, 6) is -0.457. The minimum absolute atomic E-state index is 0.00807. The summed E-state index contributed by atoms with van der Waals surface area (Å²) in [5, 5.41) is 3.01. The van der Waals surface area contributed by atoms with Crippen molar-refractivity contribution in [3.8, 4) is 0 Å². The van der Waals surface area contributed by atoms with E-state index in [4.69, 9.17) is 4.74 Å². The third kappa shape index (κ3) is 2.81. The molecule has 1 aromatic carbocycles. The van der Waals surface area contributed by atoms with Crippen molar-refractivity contribution in [2.75, 3.05) is 18.2 Å². The molecule has 0 spiro atoms. The maximum Gasteiger partial charge on any atom is 0.175 e. The molecule has 1 heterocycles. The zero-order chi connectivity index (χ0) is 13.3. The third-order valence-electron chi connectivity index (χ3n) is 3.08. The van der Waals surface area contributed by atoms with Crippen LogP contribution in [0.2, 0.25) is 0 Å². The Labute approximate surface area is 106 Å². The van der Waals surface area contributed by atoms with E-state index in [1.807, 2.05) is 6.92 Å². The Morgan fingerprint density at radius 3 is 2.72 bits per heavy atom. The second kappa shape index (κ2) is 4.85. The molecule has 4 nitrogen and oxygen atoms in total. The molecule has 1 aliphatic rings. The topological polar surface area (TPSA) is 55.4 Å². The molecule has 18 heavy (non-hydrogen) atoms. The van der Waals surface area contributed by atoms with Gasteiger partial charge in [0.2, 0.25) is 0 Å². The Hall–Kier alpha value is -1.14. The van der Waals surface area contributed by atoms with E-state index in [0.29, 0.717) is 6.61 Å². The summed E-state index contributed by atoms with van der Waals surface area (Å²) in [5.41, 5.74) is 0.209. The van der Waals surface area contributed by atoms with Crippen LogP contribution in [0.4, 0.5) is 10.1 Å². The van der Waals surface area contributed by atoms with Crippen molar-refractivity contribution in [2.24, 2.45) is 0 Å². The predicted molar refractivity (Wildman–Crippen MR) is 67.0 cm³/mol. The lowest BCUT2D eigenvalue weighted by Gasteiger charge is -2.18. The molecular weight excluding hydrogens is 257 g/mol. The lowest BCUT2D eigenvalue weighted by atomic mass is 10.1. The minimum Gasteiger partial charge on any atom is -0.377 e. The maximum atomic E-state index is 13.6. The number of hydrogen-bond acceptors (Lipinski definition) is 4. The van der Waals surface area contributed by atoms with E-state index in [2.05, 4.69) is 5.32 Å². The fourth-order valence-electron chi connectivity index (χ4n) is 1.97. The first-order valence-corrected chi connectivity index (χ1v) is 7.65. The monoisotopic (exact) mass is 273 g/mol. The van der Waals surface area contributed by atoms with Gasteiger partial charge in [0.25, 0.3) is 0 Å². The molecule has 1 fully saturated rings. The van der Waals surface area contributed by atoms with Gasteiger partial charge in [0.1, 0.15) is 5.82 Å². The summed E-state index contributed by atoms with van der Waals surface area (Å²) in [6.07, 6.45) is 1.88. The Kier molecular flexibility index (Phi) is 3.59. The summed E-state index contributed by atoms with van der Waals surface area (Å²) in [6.45, 7) is 2.54. The normalized spacial score (nSPS) is 24.2. The van der Waals surface area contributed by atoms with Crippen LogP contribution in [0.15, 0.2) is 23.1 Å². The van der Waals surface area contributed by atoms with Crippen molar-refractivity contribution >= 4 is 15.5 Å².